The summed E-state index contributed by atoms with van der Waals surface area (Å²) >= 11 is 0. The maximum Gasteiger partial charge on any atom is 0.409 e. The number of carbonyl (C=O) groups is 1. The molecule has 0 aliphatic carbocycles. The number of hydrogen-bond donors (Lipinski definition) is 1. The third-order valence-corrected chi connectivity index (χ3v) is 4.92. The summed E-state index contributed by atoms with van der Waals surface area (Å²) in [6.07, 6.45) is -1.03. The number of amides is 1. The first-order chi connectivity index (χ1) is 13.3. The minimum atomic E-state index is -1.03. The molecule has 1 amide bonds. The first-order valence-electron chi connectivity index (χ1n) is 9.10. The van der Waals surface area contributed by atoms with Gasteiger partial charge in [-0.3, -0.25) is 4.90 Å². The number of anilines is 1. The average molecular weight is 388 g/mol. The van der Waals surface area contributed by atoms with E-state index in [1.54, 1.807) is 27.0 Å². The van der Waals surface area contributed by atoms with Crippen LogP contribution in [0.1, 0.15) is 19.4 Å². The van der Waals surface area contributed by atoms with Gasteiger partial charge in [-0.25, -0.2) is 9.18 Å². The third-order valence-electron chi connectivity index (χ3n) is 4.92. The first-order valence-corrected chi connectivity index (χ1v) is 9.10. The van der Waals surface area contributed by atoms with Gasteiger partial charge in [0.05, 0.1) is 19.8 Å². The predicted molar refractivity (Wildman–Crippen MR) is 104 cm³/mol. The molecule has 0 unspecified atom stereocenters. The molecule has 1 atom stereocenters. The van der Waals surface area contributed by atoms with Gasteiger partial charge in [0.15, 0.2) is 0 Å². The minimum absolute atomic E-state index is 0.285. The predicted octanol–water partition coefficient (Wildman–Crippen LogP) is 3.96. The lowest BCUT2D eigenvalue weighted by Gasteiger charge is -2.34. The van der Waals surface area contributed by atoms with E-state index >= 15 is 0 Å². The van der Waals surface area contributed by atoms with Gasteiger partial charge in [-0.15, -0.1) is 0 Å². The van der Waals surface area contributed by atoms with E-state index in [0.29, 0.717) is 18.8 Å². The van der Waals surface area contributed by atoms with Crippen LogP contribution in [0.5, 0.6) is 5.75 Å². The van der Waals surface area contributed by atoms with Crippen molar-refractivity contribution in [3.63, 3.8) is 0 Å². The Morgan fingerprint density at radius 3 is 2.64 bits per heavy atom. The Bertz CT molecular complexity index is 825. The largest absolute Gasteiger partial charge is 0.497 e. The lowest BCUT2D eigenvalue weighted by Crippen LogP contribution is -2.51. The van der Waals surface area contributed by atoms with E-state index in [1.165, 1.54) is 17.0 Å². The summed E-state index contributed by atoms with van der Waals surface area (Å²) in [7, 11) is 1.61. The van der Waals surface area contributed by atoms with E-state index in [1.807, 2.05) is 35.2 Å². The van der Waals surface area contributed by atoms with Crippen LogP contribution in [0.2, 0.25) is 0 Å². The number of methoxy groups -OCH3 is 1. The molecule has 0 radical (unpaired) electrons. The molecule has 0 aromatic heterocycles. The molecule has 1 fully saturated rings. The summed E-state index contributed by atoms with van der Waals surface area (Å²) in [6.45, 7) is 4.63. The Morgan fingerprint density at radius 2 is 2.04 bits per heavy atom. The normalized spacial score (nSPS) is 18.1. The topological polar surface area (TPSA) is 62.2 Å². The van der Waals surface area contributed by atoms with Gasteiger partial charge in [-0.1, -0.05) is 18.2 Å². The maximum atomic E-state index is 13.8. The zero-order valence-corrected chi connectivity index (χ0v) is 16.3. The van der Waals surface area contributed by atoms with Gasteiger partial charge in [-0.2, -0.15) is 0 Å². The van der Waals surface area contributed by atoms with Crippen LogP contribution in [0.15, 0.2) is 48.5 Å². The molecule has 28 heavy (non-hydrogen) atoms. The summed E-state index contributed by atoms with van der Waals surface area (Å²) in [5.74, 6) is 0.416. The smallest absolute Gasteiger partial charge is 0.409 e. The molecule has 1 aliphatic heterocycles. The molecule has 3 rings (SSSR count). The summed E-state index contributed by atoms with van der Waals surface area (Å²) in [5.41, 5.74) is 0.792. The quantitative estimate of drug-likeness (QED) is 0.812. The van der Waals surface area contributed by atoms with E-state index in [0.717, 1.165) is 11.3 Å². The lowest BCUT2D eigenvalue weighted by molar-refractivity contribution is -0.0417. The fourth-order valence-corrected chi connectivity index (χ4v) is 3.54. The molecule has 0 spiro atoms. The minimum Gasteiger partial charge on any atom is -0.497 e. The Balaban J connectivity index is 1.87. The van der Waals surface area contributed by atoms with Crippen molar-refractivity contribution in [1.82, 2.24) is 4.90 Å². The maximum absolute atomic E-state index is 13.8. The van der Waals surface area contributed by atoms with Gasteiger partial charge in [0, 0.05) is 18.8 Å². The van der Waals surface area contributed by atoms with E-state index in [9.17, 15) is 14.3 Å². The van der Waals surface area contributed by atoms with Gasteiger partial charge >= 0.3 is 6.09 Å². The number of rotatable bonds is 6. The molecule has 6 nitrogen and oxygen atoms in total. The van der Waals surface area contributed by atoms with Crippen LogP contribution in [0, 0.1) is 5.82 Å². The highest BCUT2D eigenvalue weighted by Crippen LogP contribution is 2.29. The number of carboxylic acid groups (broad SMARTS) is 1. The van der Waals surface area contributed by atoms with Crippen molar-refractivity contribution in [3.05, 3.63) is 59.9 Å². The van der Waals surface area contributed by atoms with Crippen LogP contribution in [0.4, 0.5) is 14.9 Å². The highest BCUT2D eigenvalue weighted by molar-refractivity contribution is 5.67. The number of benzene rings is 2. The van der Waals surface area contributed by atoms with Gasteiger partial charge in [-0.05, 0) is 49.7 Å². The van der Waals surface area contributed by atoms with Crippen molar-refractivity contribution in [1.29, 1.82) is 0 Å². The van der Waals surface area contributed by atoms with Crippen molar-refractivity contribution in [2.24, 2.45) is 0 Å². The van der Waals surface area contributed by atoms with Crippen molar-refractivity contribution in [2.45, 2.75) is 32.2 Å². The molecule has 0 bridgehead atoms. The van der Waals surface area contributed by atoms with Crippen molar-refractivity contribution in [3.8, 4) is 5.75 Å². The van der Waals surface area contributed by atoms with Gasteiger partial charge in [0.1, 0.15) is 17.3 Å². The molecule has 0 saturated carbocycles. The third kappa shape index (κ3) is 4.36. The van der Waals surface area contributed by atoms with Crippen molar-refractivity contribution >= 4 is 11.8 Å². The molecule has 2 aromatic carbocycles. The molecular weight excluding hydrogens is 363 g/mol. The fourth-order valence-electron chi connectivity index (χ4n) is 3.54. The molecule has 1 saturated heterocycles. The zero-order chi connectivity index (χ0) is 20.3. The molecule has 1 N–H and O–H groups in total. The molecule has 1 heterocycles. The van der Waals surface area contributed by atoms with Crippen molar-refractivity contribution in [2.75, 3.05) is 25.2 Å². The standard InChI is InChI=1S/C21H25FN2O4/c1-21(2)24(20(25)26)18(14-28-21)13-23(17-6-4-5-16(22)11-17)12-15-7-9-19(27-3)10-8-15/h4-11,18H,12-14H2,1-3H3,(H,25,26)/t18-/m0/s1. The van der Waals surface area contributed by atoms with E-state index in [4.69, 9.17) is 9.47 Å². The Morgan fingerprint density at radius 1 is 1.32 bits per heavy atom. The summed E-state index contributed by atoms with van der Waals surface area (Å²) in [6, 6.07) is 13.6. The number of nitrogens with zero attached hydrogens (tertiary/aromatic N) is 2. The van der Waals surface area contributed by atoms with Crippen LogP contribution in [0.25, 0.3) is 0 Å². The van der Waals surface area contributed by atoms with E-state index in [2.05, 4.69) is 0 Å². The zero-order valence-electron chi connectivity index (χ0n) is 16.3. The highest BCUT2D eigenvalue weighted by Gasteiger charge is 2.44. The fraction of sp³-hybridized carbons (Fsp3) is 0.381. The first kappa shape index (κ1) is 19.9. The summed E-state index contributed by atoms with van der Waals surface area (Å²) < 4.78 is 24.7. The van der Waals surface area contributed by atoms with Gasteiger partial charge in [0.2, 0.25) is 0 Å². The SMILES string of the molecule is COc1ccc(CN(C[C@H]2COC(C)(C)N2C(=O)O)c2cccc(F)c2)cc1. The number of halogens is 1. The average Bonchev–Trinajstić information content (AvgIpc) is 2.96. The van der Waals surface area contributed by atoms with Gasteiger partial charge < -0.3 is 19.5 Å². The Labute approximate surface area is 164 Å². The van der Waals surface area contributed by atoms with Crippen LogP contribution in [0.3, 0.4) is 0 Å². The lowest BCUT2D eigenvalue weighted by atomic mass is 10.1. The summed E-state index contributed by atoms with van der Waals surface area (Å²) in [4.78, 5) is 15.1. The number of hydrogen-bond acceptors (Lipinski definition) is 4. The van der Waals surface area contributed by atoms with Crippen molar-refractivity contribution < 1.29 is 23.8 Å². The van der Waals surface area contributed by atoms with Crippen LogP contribution >= 0.6 is 0 Å². The van der Waals surface area contributed by atoms with E-state index in [-0.39, 0.29) is 18.5 Å². The Hall–Kier alpha value is -2.80. The summed E-state index contributed by atoms with van der Waals surface area (Å²) in [5, 5.41) is 9.65. The highest BCUT2D eigenvalue weighted by atomic mass is 19.1. The van der Waals surface area contributed by atoms with Crippen LogP contribution in [-0.4, -0.2) is 48.1 Å². The number of ether oxygens (including phenoxy) is 2. The molecular formula is C21H25FN2O4. The molecule has 2 aromatic rings. The van der Waals surface area contributed by atoms with Crippen LogP contribution in [-0.2, 0) is 11.3 Å². The second kappa shape index (κ2) is 8.06. The molecule has 150 valence electrons. The monoisotopic (exact) mass is 388 g/mol. The molecule has 1 aliphatic rings. The Kier molecular flexibility index (Phi) is 5.74. The molecule has 7 heteroatoms. The van der Waals surface area contributed by atoms with Gasteiger partial charge in [0.25, 0.3) is 0 Å². The second-order valence-corrected chi connectivity index (χ2v) is 7.27. The second-order valence-electron chi connectivity index (χ2n) is 7.27. The van der Waals surface area contributed by atoms with E-state index < -0.39 is 11.8 Å². The van der Waals surface area contributed by atoms with Crippen LogP contribution < -0.4 is 9.64 Å².